The van der Waals surface area contributed by atoms with Crippen LogP contribution < -0.4 is 5.32 Å². The first-order valence-corrected chi connectivity index (χ1v) is 8.67. The molecule has 0 radical (unpaired) electrons. The van der Waals surface area contributed by atoms with E-state index in [2.05, 4.69) is 27.1 Å². The molecule has 124 valence electrons. The second kappa shape index (κ2) is 7.59. The monoisotopic (exact) mass is 314 g/mol. The Hall–Kier alpha value is -1.88. The molecule has 3 rings (SSSR count). The number of piperidine rings is 1. The SMILES string of the molecule is C[C@@H](CNC(=O)CCc1nc2ccccc2[nH]1)N1CCCCC1. The van der Waals surface area contributed by atoms with Crippen molar-refractivity contribution in [2.24, 2.45) is 0 Å². The minimum absolute atomic E-state index is 0.106. The van der Waals surface area contributed by atoms with Gasteiger partial charge in [-0.25, -0.2) is 4.98 Å². The number of carbonyl (C=O) groups excluding carboxylic acids is 1. The molecule has 23 heavy (non-hydrogen) atoms. The van der Waals surface area contributed by atoms with E-state index in [1.807, 2.05) is 24.3 Å². The number of benzene rings is 1. The van der Waals surface area contributed by atoms with Crippen molar-refractivity contribution in [2.45, 2.75) is 45.1 Å². The highest BCUT2D eigenvalue weighted by molar-refractivity contribution is 5.77. The fourth-order valence-electron chi connectivity index (χ4n) is 3.19. The maximum Gasteiger partial charge on any atom is 0.220 e. The van der Waals surface area contributed by atoms with Crippen molar-refractivity contribution < 1.29 is 4.79 Å². The first-order valence-electron chi connectivity index (χ1n) is 8.67. The maximum atomic E-state index is 12.0. The van der Waals surface area contributed by atoms with E-state index in [0.717, 1.165) is 36.5 Å². The number of aromatic amines is 1. The van der Waals surface area contributed by atoms with E-state index in [-0.39, 0.29) is 5.91 Å². The van der Waals surface area contributed by atoms with Gasteiger partial charge in [-0.15, -0.1) is 0 Å². The molecule has 0 aliphatic carbocycles. The van der Waals surface area contributed by atoms with Crippen LogP contribution in [0.4, 0.5) is 0 Å². The summed E-state index contributed by atoms with van der Waals surface area (Å²) >= 11 is 0. The molecular weight excluding hydrogens is 288 g/mol. The maximum absolute atomic E-state index is 12.0. The number of fused-ring (bicyclic) bond motifs is 1. The smallest absolute Gasteiger partial charge is 0.220 e. The summed E-state index contributed by atoms with van der Waals surface area (Å²) in [6.45, 7) is 5.26. The molecule has 2 aromatic rings. The predicted octanol–water partition coefficient (Wildman–Crippen LogP) is 2.49. The number of hydrogen-bond donors (Lipinski definition) is 2. The second-order valence-electron chi connectivity index (χ2n) is 6.45. The summed E-state index contributed by atoms with van der Waals surface area (Å²) in [4.78, 5) is 22.3. The fraction of sp³-hybridized carbons (Fsp3) is 0.556. The Morgan fingerprint density at radius 1 is 1.30 bits per heavy atom. The molecule has 1 aromatic carbocycles. The van der Waals surface area contributed by atoms with Gasteiger partial charge in [0.2, 0.25) is 5.91 Å². The van der Waals surface area contributed by atoms with Crippen molar-refractivity contribution >= 4 is 16.9 Å². The van der Waals surface area contributed by atoms with Gasteiger partial charge in [0, 0.05) is 25.4 Å². The number of aromatic nitrogens is 2. The minimum atomic E-state index is 0.106. The highest BCUT2D eigenvalue weighted by atomic mass is 16.1. The number of likely N-dealkylation sites (tertiary alicyclic amines) is 1. The van der Waals surface area contributed by atoms with Gasteiger partial charge in [-0.05, 0) is 45.0 Å². The van der Waals surface area contributed by atoms with E-state index in [1.165, 1.54) is 19.3 Å². The number of aryl methyl sites for hydroxylation is 1. The zero-order valence-electron chi connectivity index (χ0n) is 13.8. The average Bonchev–Trinajstić information content (AvgIpc) is 3.01. The van der Waals surface area contributed by atoms with Crippen LogP contribution in [0.2, 0.25) is 0 Å². The van der Waals surface area contributed by atoms with Crippen LogP contribution in [0.5, 0.6) is 0 Å². The van der Waals surface area contributed by atoms with Crippen molar-refractivity contribution in [3.05, 3.63) is 30.1 Å². The van der Waals surface area contributed by atoms with Crippen molar-refractivity contribution in [1.29, 1.82) is 0 Å². The molecule has 0 bridgehead atoms. The molecule has 1 fully saturated rings. The first-order chi connectivity index (χ1) is 11.2. The highest BCUT2D eigenvalue weighted by Crippen LogP contribution is 2.12. The van der Waals surface area contributed by atoms with E-state index in [9.17, 15) is 4.79 Å². The lowest BCUT2D eigenvalue weighted by Gasteiger charge is -2.32. The minimum Gasteiger partial charge on any atom is -0.355 e. The lowest BCUT2D eigenvalue weighted by atomic mass is 10.1. The number of para-hydroxylation sites is 2. The molecule has 2 N–H and O–H groups in total. The van der Waals surface area contributed by atoms with Gasteiger partial charge < -0.3 is 10.3 Å². The van der Waals surface area contributed by atoms with Crippen molar-refractivity contribution in [3.8, 4) is 0 Å². The summed E-state index contributed by atoms with van der Waals surface area (Å²) in [5.74, 6) is 0.986. The quantitative estimate of drug-likeness (QED) is 0.861. The van der Waals surface area contributed by atoms with Gasteiger partial charge in [-0.3, -0.25) is 9.69 Å². The number of rotatable bonds is 6. The second-order valence-corrected chi connectivity index (χ2v) is 6.45. The van der Waals surface area contributed by atoms with E-state index >= 15 is 0 Å². The van der Waals surface area contributed by atoms with Crippen molar-refractivity contribution in [2.75, 3.05) is 19.6 Å². The Bertz CT molecular complexity index is 612. The third-order valence-electron chi connectivity index (χ3n) is 4.64. The Balaban J connectivity index is 1.42. The highest BCUT2D eigenvalue weighted by Gasteiger charge is 2.17. The molecule has 1 aromatic heterocycles. The number of imidazole rings is 1. The normalized spacial score (nSPS) is 17.3. The molecule has 5 heteroatoms. The summed E-state index contributed by atoms with van der Waals surface area (Å²) < 4.78 is 0. The largest absolute Gasteiger partial charge is 0.355 e. The topological polar surface area (TPSA) is 61.0 Å². The molecule has 1 aliphatic heterocycles. The number of hydrogen-bond acceptors (Lipinski definition) is 3. The van der Waals surface area contributed by atoms with E-state index < -0.39 is 0 Å². The van der Waals surface area contributed by atoms with E-state index in [1.54, 1.807) is 0 Å². The first kappa shape index (κ1) is 16.0. The third kappa shape index (κ3) is 4.32. The number of H-pyrrole nitrogens is 1. The molecule has 1 aliphatic rings. The molecule has 0 saturated carbocycles. The lowest BCUT2D eigenvalue weighted by Crippen LogP contribution is -2.44. The molecule has 2 heterocycles. The summed E-state index contributed by atoms with van der Waals surface area (Å²) in [5.41, 5.74) is 1.99. The zero-order valence-corrected chi connectivity index (χ0v) is 13.8. The van der Waals surface area contributed by atoms with Crippen LogP contribution >= 0.6 is 0 Å². The van der Waals surface area contributed by atoms with Gasteiger partial charge in [-0.2, -0.15) is 0 Å². The van der Waals surface area contributed by atoms with E-state index in [0.29, 0.717) is 18.9 Å². The Kier molecular flexibility index (Phi) is 5.28. The van der Waals surface area contributed by atoms with Gasteiger partial charge in [-0.1, -0.05) is 18.6 Å². The molecule has 0 unspecified atom stereocenters. The summed E-state index contributed by atoms with van der Waals surface area (Å²) in [5, 5.41) is 3.06. The Morgan fingerprint density at radius 2 is 2.09 bits per heavy atom. The molecule has 1 amide bonds. The summed E-state index contributed by atoms with van der Waals surface area (Å²) in [7, 11) is 0. The molecule has 1 atom stereocenters. The summed E-state index contributed by atoms with van der Waals surface area (Å²) in [6.07, 6.45) is 5.03. The van der Waals surface area contributed by atoms with Crippen molar-refractivity contribution in [3.63, 3.8) is 0 Å². The van der Waals surface area contributed by atoms with Crippen molar-refractivity contribution in [1.82, 2.24) is 20.2 Å². The van der Waals surface area contributed by atoms with Crippen LogP contribution in [0, 0.1) is 0 Å². The van der Waals surface area contributed by atoms with Gasteiger partial charge >= 0.3 is 0 Å². The van der Waals surface area contributed by atoms with Crippen LogP contribution in [-0.4, -0.2) is 46.5 Å². The van der Waals surface area contributed by atoms with Crippen LogP contribution in [0.1, 0.15) is 38.4 Å². The van der Waals surface area contributed by atoms with Crippen LogP contribution in [0.3, 0.4) is 0 Å². The predicted molar refractivity (Wildman–Crippen MR) is 92.3 cm³/mol. The number of nitrogens with one attached hydrogen (secondary N) is 2. The molecule has 1 saturated heterocycles. The number of nitrogens with zero attached hydrogens (tertiary/aromatic N) is 2. The summed E-state index contributed by atoms with van der Waals surface area (Å²) in [6, 6.07) is 8.37. The van der Waals surface area contributed by atoms with Gasteiger partial charge in [0.1, 0.15) is 5.82 Å². The van der Waals surface area contributed by atoms with Crippen LogP contribution in [0.15, 0.2) is 24.3 Å². The van der Waals surface area contributed by atoms with Crippen LogP contribution in [0.25, 0.3) is 11.0 Å². The third-order valence-corrected chi connectivity index (χ3v) is 4.64. The zero-order chi connectivity index (χ0) is 16.1. The van der Waals surface area contributed by atoms with Gasteiger partial charge in [0.05, 0.1) is 11.0 Å². The molecule has 0 spiro atoms. The van der Waals surface area contributed by atoms with Gasteiger partial charge in [0.15, 0.2) is 0 Å². The number of amides is 1. The Morgan fingerprint density at radius 3 is 2.87 bits per heavy atom. The molecular formula is C18H26N4O. The van der Waals surface area contributed by atoms with E-state index in [4.69, 9.17) is 0 Å². The Labute approximate surface area is 137 Å². The molecule has 5 nitrogen and oxygen atoms in total. The fourth-order valence-corrected chi connectivity index (χ4v) is 3.19. The van der Waals surface area contributed by atoms with Gasteiger partial charge in [0.25, 0.3) is 0 Å². The average molecular weight is 314 g/mol. The lowest BCUT2D eigenvalue weighted by molar-refractivity contribution is -0.121. The standard InChI is InChI=1S/C18H26N4O/c1-14(22-11-5-2-6-12-22)13-19-18(23)10-9-17-20-15-7-3-4-8-16(15)21-17/h3-4,7-8,14H,2,5-6,9-13H2,1H3,(H,19,23)(H,20,21)/t14-/m0/s1. The number of carbonyl (C=O) groups is 1. The van der Waals surface area contributed by atoms with Crippen LogP contribution in [-0.2, 0) is 11.2 Å².